The highest BCUT2D eigenvalue weighted by Gasteiger charge is 2.15. The van der Waals surface area contributed by atoms with Gasteiger partial charge in [0.25, 0.3) is 0 Å². The largest absolute Gasteiger partial charge is 0.465 e. The van der Waals surface area contributed by atoms with Gasteiger partial charge in [-0.3, -0.25) is 14.4 Å². The number of aromatic nitrogens is 1. The Hall–Kier alpha value is -3.52. The number of benzene rings is 2. The third-order valence-corrected chi connectivity index (χ3v) is 5.83. The molecule has 0 bridgehead atoms. The molecule has 158 valence electrons. The first-order valence-electron chi connectivity index (χ1n) is 9.90. The highest BCUT2D eigenvalue weighted by molar-refractivity contribution is 7.16. The van der Waals surface area contributed by atoms with Crippen molar-refractivity contribution in [2.75, 3.05) is 6.61 Å². The lowest BCUT2D eigenvalue weighted by Crippen LogP contribution is -2.23. The quantitative estimate of drug-likeness (QED) is 0.445. The van der Waals surface area contributed by atoms with Crippen molar-refractivity contribution in [3.05, 3.63) is 74.9 Å². The van der Waals surface area contributed by atoms with Crippen LogP contribution in [-0.2, 0) is 22.5 Å². The van der Waals surface area contributed by atoms with Crippen molar-refractivity contribution in [3.63, 3.8) is 0 Å². The number of hydrogen-bond acceptors (Lipinski definition) is 6. The predicted octanol–water partition coefficient (Wildman–Crippen LogP) is 3.68. The first kappa shape index (κ1) is 20.7. The van der Waals surface area contributed by atoms with E-state index in [1.165, 1.54) is 11.3 Å². The maximum atomic E-state index is 12.9. The van der Waals surface area contributed by atoms with E-state index >= 15 is 0 Å². The van der Waals surface area contributed by atoms with Crippen LogP contribution in [0.2, 0.25) is 0 Å². The number of para-hydroxylation sites is 1. The summed E-state index contributed by atoms with van der Waals surface area (Å²) in [6.07, 6.45) is 0.860. The minimum atomic E-state index is -0.692. The zero-order valence-corrected chi connectivity index (χ0v) is 17.9. The average molecular weight is 436 g/mol. The van der Waals surface area contributed by atoms with Gasteiger partial charge in [0.05, 0.1) is 22.2 Å². The lowest BCUT2D eigenvalue weighted by molar-refractivity contribution is -0.143. The molecule has 0 aliphatic rings. The number of esters is 1. The van der Waals surface area contributed by atoms with Crippen LogP contribution >= 0.6 is 11.3 Å². The number of carbonyl (C=O) groups is 2. The number of amides is 1. The van der Waals surface area contributed by atoms with Crippen LogP contribution in [0.1, 0.15) is 30.0 Å². The average Bonchev–Trinajstić information content (AvgIpc) is 3.09. The molecule has 0 saturated heterocycles. The third-order valence-electron chi connectivity index (χ3n) is 4.79. The molecule has 0 spiro atoms. The molecule has 2 heterocycles. The molecule has 7 nitrogen and oxygen atoms in total. The molecule has 0 unspecified atom stereocenters. The van der Waals surface area contributed by atoms with E-state index in [0.29, 0.717) is 15.8 Å². The number of carbonyl (C=O) groups excluding carboxylic acids is 2. The van der Waals surface area contributed by atoms with Crippen LogP contribution in [0, 0.1) is 0 Å². The molecule has 0 aliphatic heterocycles. The second-order valence-corrected chi connectivity index (χ2v) is 7.83. The van der Waals surface area contributed by atoms with Gasteiger partial charge in [0, 0.05) is 6.07 Å². The summed E-state index contributed by atoms with van der Waals surface area (Å²) in [6, 6.07) is 13.8. The standard InChI is InChI=1S/C23H20N2O5S/c1-3-14-9-10-16-20(11-14)31-23(25(16)13-21(27)29-4-2)24-22(28)19-12-17(26)15-7-5-6-8-18(15)30-19/h5-12H,3-4,13H2,1-2H3. The minimum Gasteiger partial charge on any atom is -0.465 e. The van der Waals surface area contributed by atoms with E-state index in [2.05, 4.69) is 11.9 Å². The molecule has 0 N–H and O–H groups in total. The Bertz CT molecular complexity index is 1430. The molecule has 1 amide bonds. The van der Waals surface area contributed by atoms with Crippen molar-refractivity contribution in [1.82, 2.24) is 4.57 Å². The smallest absolute Gasteiger partial charge is 0.326 e. The van der Waals surface area contributed by atoms with E-state index in [9.17, 15) is 14.4 Å². The van der Waals surface area contributed by atoms with Gasteiger partial charge in [0.2, 0.25) is 0 Å². The normalized spacial score (nSPS) is 11.9. The van der Waals surface area contributed by atoms with Gasteiger partial charge in [-0.05, 0) is 43.2 Å². The molecule has 2 aromatic heterocycles. The van der Waals surface area contributed by atoms with Crippen LogP contribution in [0.25, 0.3) is 21.2 Å². The van der Waals surface area contributed by atoms with Gasteiger partial charge in [-0.2, -0.15) is 4.99 Å². The highest BCUT2D eigenvalue weighted by Crippen LogP contribution is 2.20. The van der Waals surface area contributed by atoms with Gasteiger partial charge in [-0.1, -0.05) is 36.5 Å². The van der Waals surface area contributed by atoms with Crippen molar-refractivity contribution < 1.29 is 18.7 Å². The highest BCUT2D eigenvalue weighted by atomic mass is 32.1. The zero-order valence-electron chi connectivity index (χ0n) is 17.1. The van der Waals surface area contributed by atoms with Crippen molar-refractivity contribution in [2.24, 2.45) is 4.99 Å². The first-order chi connectivity index (χ1) is 15.0. The summed E-state index contributed by atoms with van der Waals surface area (Å²) >= 11 is 1.29. The topological polar surface area (TPSA) is 90.9 Å². The predicted molar refractivity (Wildman–Crippen MR) is 118 cm³/mol. The molecule has 0 saturated carbocycles. The molecule has 31 heavy (non-hydrogen) atoms. The Kier molecular flexibility index (Phi) is 5.81. The summed E-state index contributed by atoms with van der Waals surface area (Å²) in [5.41, 5.74) is 1.91. The molecular weight excluding hydrogens is 416 g/mol. The van der Waals surface area contributed by atoms with Gasteiger partial charge in [0.1, 0.15) is 12.1 Å². The molecule has 0 radical (unpaired) electrons. The van der Waals surface area contributed by atoms with Crippen LogP contribution in [0.15, 0.2) is 62.7 Å². The van der Waals surface area contributed by atoms with Crippen molar-refractivity contribution in [2.45, 2.75) is 26.8 Å². The van der Waals surface area contributed by atoms with E-state index in [1.807, 2.05) is 18.2 Å². The van der Waals surface area contributed by atoms with Crippen LogP contribution in [-0.4, -0.2) is 23.1 Å². The molecule has 4 rings (SSSR count). The Morgan fingerprint density at radius 2 is 1.94 bits per heavy atom. The van der Waals surface area contributed by atoms with Gasteiger partial charge >= 0.3 is 11.9 Å². The fraction of sp³-hybridized carbons (Fsp3) is 0.217. The van der Waals surface area contributed by atoms with Gasteiger partial charge in [-0.25, -0.2) is 0 Å². The van der Waals surface area contributed by atoms with Crippen LogP contribution in [0.5, 0.6) is 0 Å². The van der Waals surface area contributed by atoms with E-state index in [1.54, 1.807) is 35.8 Å². The van der Waals surface area contributed by atoms with Crippen LogP contribution in [0.4, 0.5) is 0 Å². The Morgan fingerprint density at radius 1 is 1.13 bits per heavy atom. The van der Waals surface area contributed by atoms with E-state index in [4.69, 9.17) is 9.15 Å². The van der Waals surface area contributed by atoms with Gasteiger partial charge in [0.15, 0.2) is 16.0 Å². The maximum Gasteiger partial charge on any atom is 0.326 e. The number of fused-ring (bicyclic) bond motifs is 2. The number of aryl methyl sites for hydroxylation is 1. The fourth-order valence-corrected chi connectivity index (χ4v) is 4.35. The monoisotopic (exact) mass is 436 g/mol. The van der Waals surface area contributed by atoms with Crippen molar-refractivity contribution in [1.29, 1.82) is 0 Å². The molecule has 0 fully saturated rings. The molecule has 2 aromatic carbocycles. The maximum absolute atomic E-state index is 12.9. The van der Waals surface area contributed by atoms with Gasteiger partial charge < -0.3 is 13.7 Å². The number of thiazole rings is 1. The van der Waals surface area contributed by atoms with Gasteiger partial charge in [-0.15, -0.1) is 0 Å². The van der Waals surface area contributed by atoms with Crippen molar-refractivity contribution in [3.8, 4) is 0 Å². The summed E-state index contributed by atoms with van der Waals surface area (Å²) in [6.45, 7) is 3.97. The minimum absolute atomic E-state index is 0.0763. The summed E-state index contributed by atoms with van der Waals surface area (Å²) in [5, 5.41) is 0.394. The number of ether oxygens (including phenoxy) is 1. The SMILES string of the molecule is CCOC(=O)Cn1c(=NC(=O)c2cc(=O)c3ccccc3o2)sc2cc(CC)ccc21. The number of rotatable bonds is 5. The number of hydrogen-bond donors (Lipinski definition) is 0. The van der Waals surface area contributed by atoms with E-state index in [-0.39, 0.29) is 24.3 Å². The van der Waals surface area contributed by atoms with Crippen LogP contribution in [0.3, 0.4) is 0 Å². The summed E-state index contributed by atoms with van der Waals surface area (Å²) in [5.74, 6) is -1.27. The molecular formula is C23H20N2O5S. The molecule has 8 heteroatoms. The summed E-state index contributed by atoms with van der Waals surface area (Å²) in [4.78, 5) is 41.9. The Labute approximate surface area is 181 Å². The summed E-state index contributed by atoms with van der Waals surface area (Å²) in [7, 11) is 0. The fourth-order valence-electron chi connectivity index (χ4n) is 3.26. The Balaban J connectivity index is 1.84. The second kappa shape index (κ2) is 8.69. The third kappa shape index (κ3) is 4.20. The lowest BCUT2D eigenvalue weighted by atomic mass is 10.2. The molecule has 4 aromatic rings. The first-order valence-corrected chi connectivity index (χ1v) is 10.7. The second-order valence-electron chi connectivity index (χ2n) is 6.82. The van der Waals surface area contributed by atoms with Crippen molar-refractivity contribution >= 4 is 44.4 Å². The van der Waals surface area contributed by atoms with E-state index in [0.717, 1.165) is 28.3 Å². The summed E-state index contributed by atoms with van der Waals surface area (Å²) < 4.78 is 13.2. The Morgan fingerprint density at radius 3 is 2.71 bits per heavy atom. The molecule has 0 atom stereocenters. The zero-order chi connectivity index (χ0) is 22.0. The molecule has 0 aliphatic carbocycles. The number of nitrogens with zero attached hydrogens (tertiary/aromatic N) is 2. The van der Waals surface area contributed by atoms with Crippen LogP contribution < -0.4 is 10.2 Å². The lowest BCUT2D eigenvalue weighted by Gasteiger charge is -2.05. The van der Waals surface area contributed by atoms with E-state index < -0.39 is 11.9 Å².